The lowest BCUT2D eigenvalue weighted by Crippen LogP contribution is -2.31. The van der Waals surface area contributed by atoms with E-state index in [9.17, 15) is 9.59 Å². The lowest BCUT2D eigenvalue weighted by molar-refractivity contribution is -0.132. The summed E-state index contributed by atoms with van der Waals surface area (Å²) >= 11 is 0. The molecule has 4 heteroatoms. The fraction of sp³-hybridized carbons (Fsp3) is 0.750. The summed E-state index contributed by atoms with van der Waals surface area (Å²) in [6.07, 6.45) is 2.01. The monoisotopic (exact) mass is 168 g/mol. The second-order valence-corrected chi connectivity index (χ2v) is 3.54. The largest absolute Gasteiger partial charge is 0.326 e. The minimum atomic E-state index is 0.0454. The standard InChI is InChI=1S/C8H12N2O2/c1-9-5-10(4-7(9)11)8(12)6-2-3-6/h6H,2-5H2,1H3. The Labute approximate surface area is 71.1 Å². The fourth-order valence-electron chi connectivity index (χ4n) is 1.41. The van der Waals surface area contributed by atoms with Gasteiger partial charge in [-0.15, -0.1) is 0 Å². The van der Waals surface area contributed by atoms with E-state index >= 15 is 0 Å². The molecule has 0 aromatic heterocycles. The smallest absolute Gasteiger partial charge is 0.243 e. The molecule has 12 heavy (non-hydrogen) atoms. The van der Waals surface area contributed by atoms with Crippen molar-refractivity contribution in [3.05, 3.63) is 0 Å². The second-order valence-electron chi connectivity index (χ2n) is 3.54. The molecule has 0 N–H and O–H groups in total. The third-order valence-electron chi connectivity index (χ3n) is 2.37. The quantitative estimate of drug-likeness (QED) is 0.537. The van der Waals surface area contributed by atoms with E-state index in [-0.39, 0.29) is 24.3 Å². The van der Waals surface area contributed by atoms with Crippen LogP contribution in [0.4, 0.5) is 0 Å². The number of rotatable bonds is 1. The van der Waals surface area contributed by atoms with Gasteiger partial charge in [0.25, 0.3) is 0 Å². The normalized spacial score (nSPS) is 23.6. The molecule has 2 rings (SSSR count). The maximum atomic E-state index is 11.4. The van der Waals surface area contributed by atoms with Gasteiger partial charge >= 0.3 is 0 Å². The Kier molecular flexibility index (Phi) is 1.56. The average Bonchev–Trinajstić information content (AvgIpc) is 2.80. The molecule has 0 radical (unpaired) electrons. The van der Waals surface area contributed by atoms with Crippen molar-refractivity contribution < 1.29 is 9.59 Å². The molecule has 1 saturated heterocycles. The van der Waals surface area contributed by atoms with Crippen LogP contribution in [0.15, 0.2) is 0 Å². The highest BCUT2D eigenvalue weighted by Gasteiger charge is 2.37. The molecular formula is C8H12N2O2. The van der Waals surface area contributed by atoms with Crippen molar-refractivity contribution in [1.29, 1.82) is 0 Å². The van der Waals surface area contributed by atoms with Crippen molar-refractivity contribution in [1.82, 2.24) is 9.80 Å². The lowest BCUT2D eigenvalue weighted by atomic mass is 10.3. The van der Waals surface area contributed by atoms with Crippen LogP contribution in [0.25, 0.3) is 0 Å². The molecule has 1 saturated carbocycles. The zero-order valence-electron chi connectivity index (χ0n) is 7.12. The van der Waals surface area contributed by atoms with Gasteiger partial charge in [0.15, 0.2) is 0 Å². The Hall–Kier alpha value is -1.06. The Morgan fingerprint density at radius 2 is 2.17 bits per heavy atom. The average molecular weight is 168 g/mol. The first-order valence-electron chi connectivity index (χ1n) is 4.21. The maximum Gasteiger partial charge on any atom is 0.243 e. The van der Waals surface area contributed by atoms with E-state index in [2.05, 4.69) is 0 Å². The van der Waals surface area contributed by atoms with E-state index in [1.807, 2.05) is 0 Å². The minimum Gasteiger partial charge on any atom is -0.326 e. The van der Waals surface area contributed by atoms with Gasteiger partial charge < -0.3 is 9.80 Å². The molecule has 2 fully saturated rings. The molecule has 0 aromatic carbocycles. The van der Waals surface area contributed by atoms with Crippen molar-refractivity contribution >= 4 is 11.8 Å². The van der Waals surface area contributed by atoms with Crippen LogP contribution in [0.2, 0.25) is 0 Å². The van der Waals surface area contributed by atoms with Crippen LogP contribution in [0.3, 0.4) is 0 Å². The van der Waals surface area contributed by atoms with Crippen LogP contribution in [0, 0.1) is 5.92 Å². The summed E-state index contributed by atoms with van der Waals surface area (Å²) in [5.74, 6) is 0.431. The van der Waals surface area contributed by atoms with Gasteiger partial charge in [-0.2, -0.15) is 0 Å². The molecule has 1 heterocycles. The summed E-state index contributed by atoms with van der Waals surface area (Å²) in [6.45, 7) is 0.764. The summed E-state index contributed by atoms with van der Waals surface area (Å²) in [5.41, 5.74) is 0. The summed E-state index contributed by atoms with van der Waals surface area (Å²) in [6, 6.07) is 0. The fourth-order valence-corrected chi connectivity index (χ4v) is 1.41. The Balaban J connectivity index is 1.97. The van der Waals surface area contributed by atoms with Gasteiger partial charge in [0.05, 0.1) is 6.67 Å². The first-order valence-corrected chi connectivity index (χ1v) is 4.21. The zero-order chi connectivity index (χ0) is 8.72. The van der Waals surface area contributed by atoms with Gasteiger partial charge in [-0.25, -0.2) is 0 Å². The molecule has 2 amide bonds. The van der Waals surface area contributed by atoms with Crippen molar-refractivity contribution in [2.24, 2.45) is 5.92 Å². The Bertz CT molecular complexity index is 235. The van der Waals surface area contributed by atoms with E-state index in [0.717, 1.165) is 12.8 Å². The van der Waals surface area contributed by atoms with Crippen molar-refractivity contribution in [3.63, 3.8) is 0 Å². The predicted molar refractivity (Wildman–Crippen MR) is 42.1 cm³/mol. The van der Waals surface area contributed by atoms with E-state index in [4.69, 9.17) is 0 Å². The maximum absolute atomic E-state index is 11.4. The molecular weight excluding hydrogens is 156 g/mol. The molecule has 1 aliphatic heterocycles. The highest BCUT2D eigenvalue weighted by atomic mass is 16.2. The number of nitrogens with zero attached hydrogens (tertiary/aromatic N) is 2. The molecule has 1 aliphatic carbocycles. The van der Waals surface area contributed by atoms with Crippen LogP contribution in [0.1, 0.15) is 12.8 Å². The highest BCUT2D eigenvalue weighted by Crippen LogP contribution is 2.31. The van der Waals surface area contributed by atoms with Crippen LogP contribution in [-0.2, 0) is 9.59 Å². The van der Waals surface area contributed by atoms with E-state index in [1.54, 1.807) is 16.8 Å². The van der Waals surface area contributed by atoms with Crippen molar-refractivity contribution in [2.75, 3.05) is 20.3 Å². The zero-order valence-corrected chi connectivity index (χ0v) is 7.12. The summed E-state index contributed by atoms with van der Waals surface area (Å²) in [4.78, 5) is 25.7. The molecule has 0 atom stereocenters. The topological polar surface area (TPSA) is 40.6 Å². The number of likely N-dealkylation sites (N-methyl/N-ethyl adjacent to an activating group) is 1. The number of hydrogen-bond acceptors (Lipinski definition) is 2. The Morgan fingerprint density at radius 1 is 1.50 bits per heavy atom. The molecule has 0 aromatic rings. The van der Waals surface area contributed by atoms with Crippen LogP contribution < -0.4 is 0 Å². The van der Waals surface area contributed by atoms with Crippen LogP contribution >= 0.6 is 0 Å². The van der Waals surface area contributed by atoms with Crippen LogP contribution in [0.5, 0.6) is 0 Å². The lowest BCUT2D eigenvalue weighted by Gasteiger charge is -2.13. The van der Waals surface area contributed by atoms with Gasteiger partial charge in [-0.1, -0.05) is 0 Å². The number of amides is 2. The Morgan fingerprint density at radius 3 is 2.58 bits per heavy atom. The molecule has 0 unspecified atom stereocenters. The first-order chi connectivity index (χ1) is 5.68. The molecule has 0 bridgehead atoms. The van der Waals surface area contributed by atoms with Gasteiger partial charge in [0.2, 0.25) is 11.8 Å². The number of carbonyl (C=O) groups excluding carboxylic acids is 2. The summed E-state index contributed by atoms with van der Waals surface area (Å²) < 4.78 is 0. The summed E-state index contributed by atoms with van der Waals surface area (Å²) in [5, 5.41) is 0. The SMILES string of the molecule is CN1CN(C(=O)C2CC2)CC1=O. The van der Waals surface area contributed by atoms with Gasteiger partial charge in [0.1, 0.15) is 6.54 Å². The van der Waals surface area contributed by atoms with Crippen LogP contribution in [-0.4, -0.2) is 41.9 Å². The third kappa shape index (κ3) is 1.17. The van der Waals surface area contributed by atoms with Crippen molar-refractivity contribution in [2.45, 2.75) is 12.8 Å². The van der Waals surface area contributed by atoms with Crippen molar-refractivity contribution in [3.8, 4) is 0 Å². The van der Waals surface area contributed by atoms with Gasteiger partial charge in [-0.05, 0) is 12.8 Å². The highest BCUT2D eigenvalue weighted by molar-refractivity contribution is 5.89. The molecule has 0 spiro atoms. The number of carbonyl (C=O) groups is 2. The molecule has 2 aliphatic rings. The first kappa shape index (κ1) is 7.58. The predicted octanol–water partition coefficient (Wildman–Crippen LogP) is -0.346. The van der Waals surface area contributed by atoms with E-state index in [0.29, 0.717) is 6.67 Å². The van der Waals surface area contributed by atoms with E-state index in [1.165, 1.54) is 0 Å². The van der Waals surface area contributed by atoms with Gasteiger partial charge in [-0.3, -0.25) is 9.59 Å². The molecule has 66 valence electrons. The third-order valence-corrected chi connectivity index (χ3v) is 2.37. The summed E-state index contributed by atoms with van der Waals surface area (Å²) in [7, 11) is 1.72. The second kappa shape index (κ2) is 2.47. The van der Waals surface area contributed by atoms with E-state index < -0.39 is 0 Å². The molecule has 4 nitrogen and oxygen atoms in total. The number of hydrogen-bond donors (Lipinski definition) is 0. The minimum absolute atomic E-state index is 0.0454. The van der Waals surface area contributed by atoms with Gasteiger partial charge in [0, 0.05) is 13.0 Å².